The van der Waals surface area contributed by atoms with Crippen LogP contribution >= 0.6 is 0 Å². The second-order valence-electron chi connectivity index (χ2n) is 43.9. The molecule has 138 heavy (non-hydrogen) atoms. The average molecular weight is 1810 g/mol. The summed E-state index contributed by atoms with van der Waals surface area (Å²) in [5.74, 6) is 3.03. The predicted octanol–water partition coefficient (Wildman–Crippen LogP) is 34.1. The molecule has 1 saturated carbocycles. The molecule has 8 aromatic heterocycles. The minimum atomic E-state index is -0.0739. The quantitative estimate of drug-likeness (QED) is 0.114. The first kappa shape index (κ1) is 89.6. The Balaban J connectivity index is 0.000000106. The summed E-state index contributed by atoms with van der Waals surface area (Å²) in [4.78, 5) is 4.76. The fraction of sp³-hybridized carbons (Fsp3) is 0.292. The van der Waals surface area contributed by atoms with Gasteiger partial charge in [0.25, 0.3) is 0 Å². The zero-order chi connectivity index (χ0) is 95.9. The Labute approximate surface area is 813 Å². The van der Waals surface area contributed by atoms with Crippen molar-refractivity contribution in [2.45, 2.75) is 215 Å². The minimum absolute atomic E-state index is 0.0186. The summed E-state index contributed by atoms with van der Waals surface area (Å²) in [7, 11) is 6.39. The molecule has 8 heterocycles. The van der Waals surface area contributed by atoms with Crippen LogP contribution in [0.1, 0.15) is 256 Å². The van der Waals surface area contributed by atoms with Gasteiger partial charge in [0.2, 0.25) is 17.1 Å². The van der Waals surface area contributed by atoms with E-state index < -0.39 is 0 Å². The summed E-state index contributed by atoms with van der Waals surface area (Å²) >= 11 is 0. The number of benzene rings is 12. The van der Waals surface area contributed by atoms with Crippen LogP contribution < -0.4 is 13.7 Å². The molecule has 25 rings (SSSR count). The zero-order valence-electron chi connectivity index (χ0n) is 84.6. The number of rotatable bonds is 12. The lowest BCUT2D eigenvalue weighted by Crippen LogP contribution is -2.31. The highest BCUT2D eigenvalue weighted by Crippen LogP contribution is 2.63. The fourth-order valence-corrected chi connectivity index (χ4v) is 25.5. The first-order valence-electron chi connectivity index (χ1n) is 50.7. The van der Waals surface area contributed by atoms with Gasteiger partial charge in [-0.05, 0) is 252 Å². The van der Waals surface area contributed by atoms with Crippen LogP contribution in [0.4, 0.5) is 0 Å². The highest BCUT2D eigenvalue weighted by atomic mass is 16.3. The van der Waals surface area contributed by atoms with Gasteiger partial charge in [-0.25, -0.2) is 13.7 Å². The van der Waals surface area contributed by atoms with Crippen LogP contribution in [0.2, 0.25) is 0 Å². The molecule has 1 spiro atoms. The maximum absolute atomic E-state index is 6.79. The van der Waals surface area contributed by atoms with Crippen molar-refractivity contribution < 1.29 is 31.4 Å². The summed E-state index contributed by atoms with van der Waals surface area (Å²) in [6.07, 6.45) is 15.7. The third-order valence-corrected chi connectivity index (χ3v) is 32.2. The Morgan fingerprint density at radius 3 is 1.16 bits per heavy atom. The summed E-state index contributed by atoms with van der Waals surface area (Å²) in [5, 5.41) is 9.98. The van der Waals surface area contributed by atoms with Crippen molar-refractivity contribution in [2.24, 2.45) is 33.0 Å². The van der Waals surface area contributed by atoms with E-state index in [0.717, 1.165) is 68.8 Å². The molecular weight excluding hydrogens is 1680 g/mol. The molecule has 0 bridgehead atoms. The van der Waals surface area contributed by atoms with E-state index in [-0.39, 0.29) is 21.7 Å². The van der Waals surface area contributed by atoms with Gasteiger partial charge in [0.15, 0.2) is 18.6 Å². The normalized spacial score (nSPS) is 14.7. The highest BCUT2D eigenvalue weighted by molar-refractivity contribution is 6.20. The lowest BCUT2D eigenvalue weighted by atomic mass is 9.67. The maximum atomic E-state index is 6.79. The van der Waals surface area contributed by atoms with Gasteiger partial charge in [-0.15, -0.1) is 0 Å². The van der Waals surface area contributed by atoms with Gasteiger partial charge >= 0.3 is 0 Å². The molecule has 0 aliphatic heterocycles. The van der Waals surface area contributed by atoms with Gasteiger partial charge in [-0.3, -0.25) is 4.98 Å². The van der Waals surface area contributed by atoms with Crippen LogP contribution in [0.15, 0.2) is 291 Å². The highest BCUT2D eigenvalue weighted by Gasteiger charge is 2.49. The average Bonchev–Trinajstić information content (AvgIpc) is 1.55. The largest absolute Gasteiger partial charge is 0.455 e. The van der Waals surface area contributed by atoms with Crippen molar-refractivity contribution in [1.82, 2.24) is 4.98 Å². The summed E-state index contributed by atoms with van der Waals surface area (Å²) in [6.45, 7) is 43.4. The molecule has 5 aliphatic rings. The number of pyridine rings is 4. The predicted molar refractivity (Wildman–Crippen MR) is 573 cm³/mol. The topological polar surface area (TPSA) is 77.1 Å². The number of fused-ring (bicyclic) bond motifs is 30. The molecule has 8 heteroatoms. The van der Waals surface area contributed by atoms with Crippen LogP contribution in [0.3, 0.4) is 0 Å². The van der Waals surface area contributed by atoms with Crippen LogP contribution in [-0.2, 0) is 42.8 Å². The smallest absolute Gasteiger partial charge is 0.216 e. The first-order chi connectivity index (χ1) is 66.4. The zero-order valence-corrected chi connectivity index (χ0v) is 84.6. The molecule has 5 aliphatic carbocycles. The molecule has 0 N–H and O–H groups in total. The molecule has 1 fully saturated rings. The maximum Gasteiger partial charge on any atom is 0.216 e. The van der Waals surface area contributed by atoms with Crippen LogP contribution in [-0.4, -0.2) is 4.98 Å². The Kier molecular flexibility index (Phi) is 21.9. The molecule has 0 saturated heterocycles. The van der Waals surface area contributed by atoms with Gasteiger partial charge in [0.05, 0.1) is 22.4 Å². The van der Waals surface area contributed by atoms with E-state index >= 15 is 0 Å². The molecule has 0 radical (unpaired) electrons. The van der Waals surface area contributed by atoms with E-state index in [1.54, 1.807) is 0 Å². The van der Waals surface area contributed by atoms with Gasteiger partial charge in [-0.1, -0.05) is 293 Å². The summed E-state index contributed by atoms with van der Waals surface area (Å²) in [6, 6.07) is 91.9. The number of aryl methyl sites for hydroxylation is 6. The second kappa shape index (κ2) is 33.7. The number of furan rings is 4. The molecule has 690 valence electrons. The van der Waals surface area contributed by atoms with Crippen molar-refractivity contribution in [1.29, 1.82) is 0 Å². The number of hydrogen-bond donors (Lipinski definition) is 0. The van der Waals surface area contributed by atoms with Crippen molar-refractivity contribution >= 4 is 87.8 Å². The van der Waals surface area contributed by atoms with Gasteiger partial charge in [0.1, 0.15) is 65.8 Å². The van der Waals surface area contributed by atoms with E-state index in [4.69, 9.17) is 22.7 Å². The number of nitrogens with zero attached hydrogens (tertiary/aromatic N) is 4. The van der Waals surface area contributed by atoms with E-state index in [0.29, 0.717) is 35.5 Å². The molecule has 8 nitrogen and oxygen atoms in total. The molecule has 0 atom stereocenters. The van der Waals surface area contributed by atoms with Crippen molar-refractivity contribution in [2.75, 3.05) is 0 Å². The van der Waals surface area contributed by atoms with Gasteiger partial charge in [0, 0.05) is 113 Å². The summed E-state index contributed by atoms with van der Waals surface area (Å²) in [5.41, 5.74) is 48.6. The minimum Gasteiger partial charge on any atom is -0.455 e. The van der Waals surface area contributed by atoms with Crippen LogP contribution in [0, 0.1) is 32.6 Å². The standard InChI is InChI=1S/C35H37NO.C33H32NO.2C31H30NO/c1-21(2)19-35(20-22(3)4)29-13-8-7-10-25(29)26-14-15-31-32(33(26)35)28-12-9-11-27(34(28)37-31)30-18-24(23(5)6)16-17-36-30;1-20(2)22-15-18-34(4)27(19-22)29-21(3)11-12-25-30-28(35-32(25)29)14-13-24-23-9-5-6-10-26(23)33(31(24)30)16-7-8-17-33;1-18(2)20-15-16-32(6)25(17-20)27-19(3)11-12-23-28-26(33-30(23)27)14-13-22-21-9-7-8-10-24(21)31(4,5)29(22)28;1-18(2)20-15-16-32(6)25(17-20)27-19(3)11-12-22-29-26(33-30(22)27)14-13-24-28(29)21-9-7-8-10-23(21)31(24,4)5/h7-18,21-23H,19-20H2,1-6H3;5-6,9-15,18-20H,7-8,16-17H2,1-4H3;2*7-18H,1-6H3/q;3*+1. The van der Waals surface area contributed by atoms with E-state index in [2.05, 4.69) is 434 Å². The molecule has 12 aromatic carbocycles. The van der Waals surface area contributed by atoms with Crippen LogP contribution in [0.5, 0.6) is 0 Å². The SMILES string of the molecule is CC(C)CC1(CC(C)C)c2ccccc2-c2ccc3oc4c(-c5cc(C(C)C)ccn5)cccc4c3c21.Cc1ccc2c(oc3ccc4c(c32)-c2ccccc2C4(C)C)c1-c1cc(C(C)C)cc[n+]1C.Cc1ccc2c(oc3ccc4c(c32)C(C)(C)c2ccccc2-4)c1-c1cc(C(C)C)cc[n+]1C.Cc1ccc2c(oc3ccc4c(c32)C2(CCCC2)c2ccccc2-4)c1-c1cc(C(C)C)cc[n+]1C. The van der Waals surface area contributed by atoms with Gasteiger partial charge < -0.3 is 17.7 Å². The third kappa shape index (κ3) is 14.0. The van der Waals surface area contributed by atoms with E-state index in [1.165, 1.54) is 231 Å². The van der Waals surface area contributed by atoms with Gasteiger partial charge in [-0.2, -0.15) is 0 Å². The Morgan fingerprint density at radius 2 is 0.674 bits per heavy atom. The summed E-state index contributed by atoms with van der Waals surface area (Å²) < 4.78 is 33.5. The Bertz CT molecular complexity index is 8370. The van der Waals surface area contributed by atoms with Crippen molar-refractivity contribution in [3.8, 4) is 89.5 Å². The lowest BCUT2D eigenvalue weighted by molar-refractivity contribution is -0.660. The lowest BCUT2D eigenvalue weighted by Gasteiger charge is -2.36. The van der Waals surface area contributed by atoms with E-state index in [1.807, 2.05) is 6.20 Å². The molecule has 20 aromatic rings. The van der Waals surface area contributed by atoms with Crippen molar-refractivity contribution in [3.05, 3.63) is 357 Å². The third-order valence-electron chi connectivity index (χ3n) is 32.2. The van der Waals surface area contributed by atoms with Crippen LogP contribution in [0.25, 0.3) is 177 Å². The Morgan fingerprint density at radius 1 is 0.304 bits per heavy atom. The van der Waals surface area contributed by atoms with E-state index in [9.17, 15) is 0 Å². The second-order valence-corrected chi connectivity index (χ2v) is 43.9. The monoisotopic (exact) mass is 1810 g/mol. The molecule has 0 unspecified atom stereocenters. The molecule has 0 amide bonds. The molecular formula is C130H129N4O4+3. The first-order valence-corrected chi connectivity index (χ1v) is 50.7. The van der Waals surface area contributed by atoms with Crippen molar-refractivity contribution in [3.63, 3.8) is 0 Å². The number of hydrogen-bond acceptors (Lipinski definition) is 5. The Hall–Kier alpha value is -13.6. The number of aromatic nitrogens is 4. The number of para-hydroxylation sites is 1. The fourth-order valence-electron chi connectivity index (χ4n) is 25.5.